The van der Waals surface area contributed by atoms with E-state index in [2.05, 4.69) is 70.5 Å². The van der Waals surface area contributed by atoms with Gasteiger partial charge in [-0.1, -0.05) is 86.3 Å². The zero-order chi connectivity index (χ0) is 24.7. The number of aliphatic carboxylic acids is 1. The molecule has 0 aromatic heterocycles. The monoisotopic (exact) mass is 488 g/mol. The summed E-state index contributed by atoms with van der Waals surface area (Å²) in [5, 5.41) is 10.1. The number of carboxylic acid groups (broad SMARTS) is 1. The van der Waals surface area contributed by atoms with Crippen molar-refractivity contribution in [2.24, 2.45) is 17.8 Å². The number of carbonyl (C=O) groups is 1. The van der Waals surface area contributed by atoms with Gasteiger partial charge in [0.2, 0.25) is 0 Å². The summed E-state index contributed by atoms with van der Waals surface area (Å²) in [6, 6.07) is 21.4. The topological polar surface area (TPSA) is 43.8 Å². The quantitative estimate of drug-likeness (QED) is 0.416. The fraction of sp³-hybridized carbons (Fsp3) is 0.594. The van der Waals surface area contributed by atoms with Crippen molar-refractivity contribution in [1.82, 2.24) is 9.80 Å². The highest BCUT2D eigenvalue weighted by atomic mass is 16.4. The second-order valence-corrected chi connectivity index (χ2v) is 11.7. The molecule has 3 fully saturated rings. The summed E-state index contributed by atoms with van der Waals surface area (Å²) < 4.78 is 0. The van der Waals surface area contributed by atoms with Gasteiger partial charge in [0.15, 0.2) is 0 Å². The Balaban J connectivity index is 1.15. The van der Waals surface area contributed by atoms with Crippen LogP contribution in [0.1, 0.15) is 68.4 Å². The van der Waals surface area contributed by atoms with Gasteiger partial charge in [-0.3, -0.25) is 9.69 Å². The first kappa shape index (κ1) is 25.5. The number of rotatable bonds is 11. The number of carboxylic acids is 1. The molecule has 2 aromatic rings. The highest BCUT2D eigenvalue weighted by molar-refractivity contribution is 5.73. The Morgan fingerprint density at radius 2 is 1.58 bits per heavy atom. The lowest BCUT2D eigenvalue weighted by atomic mass is 9.80. The number of hydrogen-bond donors (Lipinski definition) is 1. The lowest BCUT2D eigenvalue weighted by Gasteiger charge is -2.35. The van der Waals surface area contributed by atoms with Crippen LogP contribution in [0.3, 0.4) is 0 Å². The molecule has 2 saturated heterocycles. The molecule has 194 valence electrons. The third-order valence-corrected chi connectivity index (χ3v) is 9.32. The smallest absolute Gasteiger partial charge is 0.320 e. The molecule has 1 aliphatic carbocycles. The number of piperidine rings is 1. The molecular formula is C32H44N2O2. The molecule has 0 bridgehead atoms. The standard InChI is InChI=1S/C32H44N2O2/c35-32(36)31(21-27-13-8-14-27)34-23-29(30(24-34)28-15-5-2-6-16-28)22-33-19-17-26(18-20-33)12-7-11-25-9-3-1-4-10-25/h1-6,9-10,15-16,26-27,29-31H,7-8,11-14,17-24H2,(H,35,36)/t29?,30?,31-/m1/s1. The van der Waals surface area contributed by atoms with Crippen LogP contribution in [0.2, 0.25) is 0 Å². The molecule has 0 amide bonds. The summed E-state index contributed by atoms with van der Waals surface area (Å²) in [6.07, 6.45) is 11.0. The van der Waals surface area contributed by atoms with E-state index in [4.69, 9.17) is 0 Å². The first-order valence-corrected chi connectivity index (χ1v) is 14.4. The summed E-state index contributed by atoms with van der Waals surface area (Å²) in [5.41, 5.74) is 2.85. The molecule has 2 heterocycles. The molecule has 0 spiro atoms. The van der Waals surface area contributed by atoms with Crippen LogP contribution in [-0.2, 0) is 11.2 Å². The van der Waals surface area contributed by atoms with Crippen LogP contribution >= 0.6 is 0 Å². The largest absolute Gasteiger partial charge is 0.480 e. The maximum absolute atomic E-state index is 12.3. The average molecular weight is 489 g/mol. The molecule has 4 nitrogen and oxygen atoms in total. The van der Waals surface area contributed by atoms with E-state index in [-0.39, 0.29) is 6.04 Å². The summed E-state index contributed by atoms with van der Waals surface area (Å²) in [4.78, 5) is 17.3. The lowest BCUT2D eigenvalue weighted by molar-refractivity contribution is -0.144. The molecule has 3 atom stereocenters. The third-order valence-electron chi connectivity index (χ3n) is 9.32. The summed E-state index contributed by atoms with van der Waals surface area (Å²) in [7, 11) is 0. The number of likely N-dealkylation sites (tertiary alicyclic amines) is 2. The number of benzene rings is 2. The normalized spacial score (nSPS) is 25.0. The van der Waals surface area contributed by atoms with Crippen molar-refractivity contribution < 1.29 is 9.90 Å². The van der Waals surface area contributed by atoms with E-state index in [0.717, 1.165) is 32.0 Å². The number of hydrogen-bond acceptors (Lipinski definition) is 3. The Morgan fingerprint density at radius 3 is 2.22 bits per heavy atom. The van der Waals surface area contributed by atoms with Gasteiger partial charge in [-0.05, 0) is 74.1 Å². The Morgan fingerprint density at radius 1 is 0.889 bits per heavy atom. The molecular weight excluding hydrogens is 444 g/mol. The van der Waals surface area contributed by atoms with Crippen molar-refractivity contribution in [3.63, 3.8) is 0 Å². The molecule has 5 rings (SSSR count). The van der Waals surface area contributed by atoms with Crippen LogP contribution in [0, 0.1) is 17.8 Å². The summed E-state index contributed by atoms with van der Waals surface area (Å²) in [6.45, 7) is 5.29. The first-order valence-electron chi connectivity index (χ1n) is 14.4. The fourth-order valence-electron chi connectivity index (χ4n) is 6.90. The van der Waals surface area contributed by atoms with E-state index in [0.29, 0.717) is 17.8 Å². The minimum absolute atomic E-state index is 0.318. The molecule has 1 N–H and O–H groups in total. The maximum atomic E-state index is 12.3. The minimum Gasteiger partial charge on any atom is -0.480 e. The van der Waals surface area contributed by atoms with E-state index in [1.807, 2.05) is 0 Å². The van der Waals surface area contributed by atoms with Gasteiger partial charge in [0.25, 0.3) is 0 Å². The molecule has 36 heavy (non-hydrogen) atoms. The second-order valence-electron chi connectivity index (χ2n) is 11.7. The minimum atomic E-state index is -0.620. The fourth-order valence-corrected chi connectivity index (χ4v) is 6.90. The van der Waals surface area contributed by atoms with Crippen molar-refractivity contribution in [3.8, 4) is 0 Å². The van der Waals surface area contributed by atoms with Crippen molar-refractivity contribution >= 4 is 5.97 Å². The van der Waals surface area contributed by atoms with Crippen molar-refractivity contribution in [2.75, 3.05) is 32.7 Å². The van der Waals surface area contributed by atoms with Crippen LogP contribution in [0.15, 0.2) is 60.7 Å². The van der Waals surface area contributed by atoms with E-state index >= 15 is 0 Å². The molecule has 2 unspecified atom stereocenters. The molecule has 2 aliphatic heterocycles. The van der Waals surface area contributed by atoms with Crippen molar-refractivity contribution in [3.05, 3.63) is 71.8 Å². The zero-order valence-electron chi connectivity index (χ0n) is 21.8. The molecule has 2 aromatic carbocycles. The zero-order valence-corrected chi connectivity index (χ0v) is 21.8. The van der Waals surface area contributed by atoms with Gasteiger partial charge in [0, 0.05) is 25.6 Å². The Kier molecular flexibility index (Phi) is 8.76. The summed E-state index contributed by atoms with van der Waals surface area (Å²) >= 11 is 0. The first-order chi connectivity index (χ1) is 17.7. The molecule has 3 aliphatic rings. The van der Waals surface area contributed by atoms with E-state index < -0.39 is 5.97 Å². The second kappa shape index (κ2) is 12.4. The average Bonchev–Trinajstić information content (AvgIpc) is 3.28. The maximum Gasteiger partial charge on any atom is 0.320 e. The van der Waals surface area contributed by atoms with Crippen molar-refractivity contribution in [1.29, 1.82) is 0 Å². The highest BCUT2D eigenvalue weighted by Gasteiger charge is 2.41. The van der Waals surface area contributed by atoms with Gasteiger partial charge in [-0.25, -0.2) is 0 Å². The van der Waals surface area contributed by atoms with Gasteiger partial charge < -0.3 is 10.0 Å². The lowest BCUT2D eigenvalue weighted by Crippen LogP contribution is -2.43. The molecule has 4 heteroatoms. The van der Waals surface area contributed by atoms with Crippen LogP contribution < -0.4 is 0 Å². The van der Waals surface area contributed by atoms with Gasteiger partial charge in [0.05, 0.1) is 0 Å². The Hall–Kier alpha value is -2.17. The SMILES string of the molecule is O=C(O)[C@@H](CC1CCC1)N1CC(CN2CCC(CCCc3ccccc3)CC2)C(c2ccccc2)C1. The van der Waals surface area contributed by atoms with E-state index in [1.54, 1.807) is 0 Å². The van der Waals surface area contributed by atoms with Crippen molar-refractivity contribution in [2.45, 2.75) is 69.7 Å². The van der Waals surface area contributed by atoms with E-state index in [9.17, 15) is 9.90 Å². The van der Waals surface area contributed by atoms with Crippen LogP contribution in [-0.4, -0.2) is 59.6 Å². The van der Waals surface area contributed by atoms with Gasteiger partial charge in [-0.15, -0.1) is 0 Å². The molecule has 1 saturated carbocycles. The van der Waals surface area contributed by atoms with E-state index in [1.165, 1.54) is 75.6 Å². The van der Waals surface area contributed by atoms with Crippen LogP contribution in [0.5, 0.6) is 0 Å². The van der Waals surface area contributed by atoms with Gasteiger partial charge in [-0.2, -0.15) is 0 Å². The Bertz CT molecular complexity index is 937. The van der Waals surface area contributed by atoms with Gasteiger partial charge in [0.1, 0.15) is 6.04 Å². The third kappa shape index (κ3) is 6.58. The summed E-state index contributed by atoms with van der Waals surface area (Å²) in [5.74, 6) is 1.78. The molecule has 0 radical (unpaired) electrons. The Labute approximate surface area is 217 Å². The predicted octanol–water partition coefficient (Wildman–Crippen LogP) is 6.08. The number of aryl methyl sites for hydroxylation is 1. The van der Waals surface area contributed by atoms with Crippen LogP contribution in [0.25, 0.3) is 0 Å². The highest BCUT2D eigenvalue weighted by Crippen LogP contribution is 2.38. The van der Waals surface area contributed by atoms with Gasteiger partial charge >= 0.3 is 5.97 Å². The van der Waals surface area contributed by atoms with Crippen LogP contribution in [0.4, 0.5) is 0 Å². The number of nitrogens with zero attached hydrogens (tertiary/aromatic N) is 2. The predicted molar refractivity (Wildman–Crippen MR) is 146 cm³/mol.